The molecule has 2 heteroatoms. The van der Waals surface area contributed by atoms with Crippen LogP contribution in [0.1, 0.15) is 63.4 Å². The summed E-state index contributed by atoms with van der Waals surface area (Å²) in [5, 5.41) is 0. The highest BCUT2D eigenvalue weighted by Gasteiger charge is 1.98. The molecule has 0 aliphatic rings. The molecule has 0 atom stereocenters. The summed E-state index contributed by atoms with van der Waals surface area (Å²) < 4.78 is 4.62. The zero-order chi connectivity index (χ0) is 15.2. The minimum Gasteiger partial charge on any atom is -0.469 e. The van der Waals surface area contributed by atoms with Crippen molar-refractivity contribution in [3.05, 3.63) is 42.0 Å². The Morgan fingerprint density at radius 2 is 1.57 bits per heavy atom. The Kier molecular flexibility index (Phi) is 10.1. The van der Waals surface area contributed by atoms with Gasteiger partial charge in [0.05, 0.1) is 7.11 Å². The Morgan fingerprint density at radius 3 is 2.24 bits per heavy atom. The van der Waals surface area contributed by atoms with Crippen molar-refractivity contribution in [2.24, 2.45) is 0 Å². The first-order chi connectivity index (χ1) is 10.3. The summed E-state index contributed by atoms with van der Waals surface area (Å²) in [7, 11) is 1.45. The van der Waals surface area contributed by atoms with Gasteiger partial charge in [0.25, 0.3) is 0 Å². The monoisotopic (exact) mass is 288 g/mol. The molecule has 0 saturated heterocycles. The molecule has 0 aliphatic heterocycles. The molecule has 0 spiro atoms. The van der Waals surface area contributed by atoms with Crippen LogP contribution < -0.4 is 0 Å². The first-order valence-corrected chi connectivity index (χ1v) is 8.11. The number of allylic oxidation sites excluding steroid dienone is 1. The molecule has 21 heavy (non-hydrogen) atoms. The van der Waals surface area contributed by atoms with Crippen LogP contribution in [0.25, 0.3) is 6.08 Å². The quantitative estimate of drug-likeness (QED) is 0.403. The van der Waals surface area contributed by atoms with Crippen LogP contribution in [0.4, 0.5) is 0 Å². The van der Waals surface area contributed by atoms with Crippen LogP contribution in [0.5, 0.6) is 0 Å². The zero-order valence-electron chi connectivity index (χ0n) is 13.2. The Morgan fingerprint density at radius 1 is 0.952 bits per heavy atom. The molecule has 0 aromatic heterocycles. The minimum absolute atomic E-state index is 0.0831. The van der Waals surface area contributed by atoms with Crippen molar-refractivity contribution in [2.45, 2.75) is 57.8 Å². The fourth-order valence-corrected chi connectivity index (χ4v) is 2.30. The van der Waals surface area contributed by atoms with Crippen LogP contribution in [-0.2, 0) is 9.53 Å². The van der Waals surface area contributed by atoms with E-state index in [1.54, 1.807) is 0 Å². The molecule has 0 unspecified atom stereocenters. The molecule has 0 radical (unpaired) electrons. The van der Waals surface area contributed by atoms with E-state index in [1.165, 1.54) is 44.8 Å². The van der Waals surface area contributed by atoms with Crippen LogP contribution in [0.2, 0.25) is 0 Å². The van der Waals surface area contributed by atoms with Crippen LogP contribution in [0.3, 0.4) is 0 Å². The van der Waals surface area contributed by atoms with Gasteiger partial charge in [-0.05, 0) is 24.8 Å². The van der Waals surface area contributed by atoms with Gasteiger partial charge in [-0.15, -0.1) is 0 Å². The van der Waals surface area contributed by atoms with E-state index in [9.17, 15) is 4.79 Å². The average Bonchev–Trinajstić information content (AvgIpc) is 2.53. The van der Waals surface area contributed by atoms with Gasteiger partial charge in [-0.1, -0.05) is 74.6 Å². The summed E-state index contributed by atoms with van der Waals surface area (Å²) in [6.45, 7) is 0. The van der Waals surface area contributed by atoms with E-state index in [1.807, 2.05) is 6.07 Å². The topological polar surface area (TPSA) is 26.3 Å². The lowest BCUT2D eigenvalue weighted by Gasteiger charge is -2.01. The number of hydrogen-bond donors (Lipinski definition) is 0. The van der Waals surface area contributed by atoms with Gasteiger partial charge >= 0.3 is 5.97 Å². The first kappa shape index (κ1) is 17.5. The summed E-state index contributed by atoms with van der Waals surface area (Å²) in [4.78, 5) is 10.9. The number of rotatable bonds is 11. The van der Waals surface area contributed by atoms with Gasteiger partial charge in [0.2, 0.25) is 0 Å². The van der Waals surface area contributed by atoms with Crippen LogP contribution in [-0.4, -0.2) is 13.1 Å². The molecular formula is C19H28O2. The Hall–Kier alpha value is -1.57. The SMILES string of the molecule is COC(=O)CCCCCCCCC/C=C/c1ccccc1. The molecule has 0 aliphatic carbocycles. The van der Waals surface area contributed by atoms with E-state index in [-0.39, 0.29) is 5.97 Å². The van der Waals surface area contributed by atoms with Gasteiger partial charge < -0.3 is 4.74 Å². The van der Waals surface area contributed by atoms with Crippen molar-refractivity contribution in [3.8, 4) is 0 Å². The van der Waals surface area contributed by atoms with Gasteiger partial charge in [-0.2, -0.15) is 0 Å². The van der Waals surface area contributed by atoms with E-state index < -0.39 is 0 Å². The van der Waals surface area contributed by atoms with Gasteiger partial charge in [0.1, 0.15) is 0 Å². The first-order valence-electron chi connectivity index (χ1n) is 8.11. The normalized spacial score (nSPS) is 10.9. The number of unbranched alkanes of at least 4 members (excludes halogenated alkanes) is 7. The maximum Gasteiger partial charge on any atom is 0.305 e. The number of methoxy groups -OCH3 is 1. The van der Waals surface area contributed by atoms with Crippen LogP contribution >= 0.6 is 0 Å². The van der Waals surface area contributed by atoms with Crippen molar-refractivity contribution in [1.29, 1.82) is 0 Å². The van der Waals surface area contributed by atoms with Crippen LogP contribution in [0.15, 0.2) is 36.4 Å². The number of benzene rings is 1. The average molecular weight is 288 g/mol. The molecule has 1 rings (SSSR count). The zero-order valence-corrected chi connectivity index (χ0v) is 13.2. The van der Waals surface area contributed by atoms with E-state index in [0.29, 0.717) is 6.42 Å². The molecule has 1 aromatic carbocycles. The lowest BCUT2D eigenvalue weighted by molar-refractivity contribution is -0.140. The number of carbonyl (C=O) groups is 1. The maximum absolute atomic E-state index is 10.9. The third-order valence-electron chi connectivity index (χ3n) is 3.59. The number of hydrogen-bond acceptors (Lipinski definition) is 2. The number of carbonyl (C=O) groups excluding carboxylic acids is 1. The number of ether oxygens (including phenoxy) is 1. The maximum atomic E-state index is 10.9. The summed E-state index contributed by atoms with van der Waals surface area (Å²) in [5.74, 6) is -0.0831. The van der Waals surface area contributed by atoms with Crippen molar-refractivity contribution in [3.63, 3.8) is 0 Å². The summed E-state index contributed by atoms with van der Waals surface area (Å²) in [5.41, 5.74) is 1.28. The van der Waals surface area contributed by atoms with E-state index in [0.717, 1.165) is 19.3 Å². The second-order valence-corrected chi connectivity index (χ2v) is 5.40. The van der Waals surface area contributed by atoms with E-state index in [2.05, 4.69) is 41.2 Å². The molecule has 0 saturated carbocycles. The Balaban J connectivity index is 1.87. The smallest absolute Gasteiger partial charge is 0.305 e. The highest BCUT2D eigenvalue weighted by Crippen LogP contribution is 2.11. The van der Waals surface area contributed by atoms with E-state index in [4.69, 9.17) is 0 Å². The molecule has 2 nitrogen and oxygen atoms in total. The molecule has 0 N–H and O–H groups in total. The second-order valence-electron chi connectivity index (χ2n) is 5.40. The molecule has 0 bridgehead atoms. The van der Waals surface area contributed by atoms with Crippen molar-refractivity contribution < 1.29 is 9.53 Å². The third-order valence-corrected chi connectivity index (χ3v) is 3.59. The largest absolute Gasteiger partial charge is 0.469 e. The predicted octanol–water partition coefficient (Wildman–Crippen LogP) is 5.38. The third kappa shape index (κ3) is 9.89. The van der Waals surface area contributed by atoms with E-state index >= 15 is 0 Å². The molecular weight excluding hydrogens is 260 g/mol. The highest BCUT2D eigenvalue weighted by molar-refractivity contribution is 5.68. The van der Waals surface area contributed by atoms with Gasteiger partial charge in [0.15, 0.2) is 0 Å². The fraction of sp³-hybridized carbons (Fsp3) is 0.526. The molecule has 116 valence electrons. The van der Waals surface area contributed by atoms with Crippen molar-refractivity contribution in [2.75, 3.05) is 7.11 Å². The highest BCUT2D eigenvalue weighted by atomic mass is 16.5. The van der Waals surface area contributed by atoms with Gasteiger partial charge in [-0.3, -0.25) is 4.79 Å². The predicted molar refractivity (Wildman–Crippen MR) is 89.0 cm³/mol. The molecule has 1 aromatic rings. The van der Waals surface area contributed by atoms with Crippen LogP contribution in [0, 0.1) is 0 Å². The lowest BCUT2D eigenvalue weighted by atomic mass is 10.1. The fourth-order valence-electron chi connectivity index (χ4n) is 2.30. The van der Waals surface area contributed by atoms with Gasteiger partial charge in [-0.25, -0.2) is 0 Å². The summed E-state index contributed by atoms with van der Waals surface area (Å²) >= 11 is 0. The summed E-state index contributed by atoms with van der Waals surface area (Å²) in [6, 6.07) is 10.4. The van der Waals surface area contributed by atoms with Gasteiger partial charge in [0, 0.05) is 6.42 Å². The standard InChI is InChI=1S/C19H28O2/c1-21-19(20)17-13-8-6-4-2-3-5-7-10-14-18-15-11-9-12-16-18/h9-12,14-16H,2-8,13,17H2,1H3/b14-10+. The van der Waals surface area contributed by atoms with Crippen molar-refractivity contribution in [1.82, 2.24) is 0 Å². The minimum atomic E-state index is -0.0831. The second kappa shape index (κ2) is 12.2. The molecule has 0 heterocycles. The molecule has 0 amide bonds. The lowest BCUT2D eigenvalue weighted by Crippen LogP contribution is -1.99. The Labute approximate surface area is 129 Å². The number of esters is 1. The van der Waals surface area contributed by atoms with Crippen molar-refractivity contribution >= 4 is 12.0 Å². The molecule has 0 fully saturated rings. The summed E-state index contributed by atoms with van der Waals surface area (Å²) in [6.07, 6.45) is 14.7. The Bertz CT molecular complexity index is 395.